The van der Waals surface area contributed by atoms with Crippen LogP contribution in [0.25, 0.3) is 0 Å². The fourth-order valence-electron chi connectivity index (χ4n) is 5.46. The quantitative estimate of drug-likeness (QED) is 0.739. The van der Waals surface area contributed by atoms with E-state index >= 15 is 0 Å². The van der Waals surface area contributed by atoms with Gasteiger partial charge >= 0.3 is 0 Å². The lowest BCUT2D eigenvalue weighted by atomic mass is 9.78. The second kappa shape index (κ2) is 6.19. The van der Waals surface area contributed by atoms with E-state index in [1.807, 2.05) is 0 Å². The number of aryl methyl sites for hydroxylation is 2. The Kier molecular flexibility index (Phi) is 4.39. The molecule has 1 N–H and O–H groups in total. The number of fused-ring (bicyclic) bond motifs is 2. The predicted molar refractivity (Wildman–Crippen MR) is 107 cm³/mol. The van der Waals surface area contributed by atoms with Gasteiger partial charge in [-0.15, -0.1) is 22.7 Å². The lowest BCUT2D eigenvalue weighted by Gasteiger charge is -2.45. The highest BCUT2D eigenvalue weighted by atomic mass is 32.1. The van der Waals surface area contributed by atoms with Crippen LogP contribution in [0.3, 0.4) is 0 Å². The van der Waals surface area contributed by atoms with Crippen molar-refractivity contribution in [3.05, 3.63) is 43.8 Å². The van der Waals surface area contributed by atoms with Crippen LogP contribution >= 0.6 is 22.7 Å². The normalized spacial score (nSPS) is 28.4. The van der Waals surface area contributed by atoms with Crippen LogP contribution in [0.15, 0.2) is 22.9 Å². The van der Waals surface area contributed by atoms with Gasteiger partial charge in [0.1, 0.15) is 5.60 Å². The summed E-state index contributed by atoms with van der Waals surface area (Å²) in [6.07, 6.45) is 6.13. The van der Waals surface area contributed by atoms with Gasteiger partial charge in [-0.3, -0.25) is 0 Å². The number of rotatable bonds is 4. The number of piperidine rings is 1. The molecule has 25 heavy (non-hydrogen) atoms. The van der Waals surface area contributed by atoms with Gasteiger partial charge in [0, 0.05) is 35.4 Å². The number of nitrogens with zero attached hydrogens (tertiary/aromatic N) is 1. The molecule has 4 rings (SSSR count). The smallest absolute Gasteiger partial charge is 0.134 e. The second-order valence-electron chi connectivity index (χ2n) is 8.78. The first-order chi connectivity index (χ1) is 11.8. The van der Waals surface area contributed by atoms with Crippen molar-refractivity contribution in [1.29, 1.82) is 0 Å². The molecule has 2 aliphatic heterocycles. The fourth-order valence-corrected chi connectivity index (χ4v) is 7.61. The Bertz CT molecular complexity index is 703. The Hall–Kier alpha value is -0.680. The highest BCUT2D eigenvalue weighted by Gasteiger charge is 2.51. The molecule has 0 spiro atoms. The summed E-state index contributed by atoms with van der Waals surface area (Å²) in [6.45, 7) is 4.29. The molecule has 2 aromatic heterocycles. The van der Waals surface area contributed by atoms with E-state index in [0.717, 1.165) is 28.3 Å². The van der Waals surface area contributed by atoms with Crippen LogP contribution in [0.4, 0.5) is 0 Å². The summed E-state index contributed by atoms with van der Waals surface area (Å²) in [4.78, 5) is 2.31. The third-order valence-corrected chi connectivity index (χ3v) is 9.32. The largest absolute Gasteiger partial charge is 0.379 e. The van der Waals surface area contributed by atoms with E-state index in [2.05, 4.69) is 50.8 Å². The van der Waals surface area contributed by atoms with Crippen LogP contribution in [0.2, 0.25) is 0 Å². The summed E-state index contributed by atoms with van der Waals surface area (Å²) in [5.41, 5.74) is 1.65. The van der Waals surface area contributed by atoms with Crippen molar-refractivity contribution in [3.8, 4) is 0 Å². The van der Waals surface area contributed by atoms with E-state index in [4.69, 9.17) is 0 Å². The Labute approximate surface area is 159 Å². The van der Waals surface area contributed by atoms with Gasteiger partial charge in [-0.25, -0.2) is 0 Å². The minimum atomic E-state index is -0.810. The molecule has 2 fully saturated rings. The minimum absolute atomic E-state index is 0.622. The molecular weight excluding hydrogens is 346 g/mol. The average Bonchev–Trinajstić information content (AvgIpc) is 3.18. The highest BCUT2D eigenvalue weighted by molar-refractivity contribution is 7.12. The monoisotopic (exact) mass is 376 g/mol. The summed E-state index contributed by atoms with van der Waals surface area (Å²) >= 11 is 3.44. The highest BCUT2D eigenvalue weighted by Crippen LogP contribution is 2.49. The Balaban J connectivity index is 1.67. The van der Waals surface area contributed by atoms with Gasteiger partial charge in [0.15, 0.2) is 0 Å². The first kappa shape index (κ1) is 17.7. The van der Waals surface area contributed by atoms with Crippen LogP contribution in [-0.4, -0.2) is 35.8 Å². The van der Waals surface area contributed by atoms with Gasteiger partial charge in [-0.1, -0.05) is 0 Å². The molecule has 0 aliphatic carbocycles. The van der Waals surface area contributed by atoms with Crippen molar-refractivity contribution in [1.82, 2.24) is 0 Å². The molecule has 136 valence electrons. The average molecular weight is 377 g/mol. The summed E-state index contributed by atoms with van der Waals surface area (Å²) in [5.74, 6) is 0.622. The number of thiophene rings is 2. The van der Waals surface area contributed by atoms with Crippen molar-refractivity contribution in [2.75, 3.05) is 14.1 Å². The van der Waals surface area contributed by atoms with E-state index in [-0.39, 0.29) is 0 Å². The zero-order chi connectivity index (χ0) is 17.8. The van der Waals surface area contributed by atoms with Crippen molar-refractivity contribution in [3.63, 3.8) is 0 Å². The molecule has 3 atom stereocenters. The third-order valence-electron chi connectivity index (χ3n) is 6.99. The zero-order valence-electron chi connectivity index (χ0n) is 15.8. The summed E-state index contributed by atoms with van der Waals surface area (Å²) in [6, 6.07) is 5.86. The molecular formula is C21H30NOS2+. The van der Waals surface area contributed by atoms with Crippen LogP contribution in [0, 0.1) is 19.8 Å². The van der Waals surface area contributed by atoms with Gasteiger partial charge in [0.05, 0.1) is 26.2 Å². The van der Waals surface area contributed by atoms with Gasteiger partial charge in [0.25, 0.3) is 0 Å². The van der Waals surface area contributed by atoms with E-state index < -0.39 is 5.60 Å². The number of aliphatic hydroxyl groups is 1. The van der Waals surface area contributed by atoms with E-state index in [1.165, 1.54) is 41.3 Å². The number of quaternary nitrogens is 1. The van der Waals surface area contributed by atoms with Crippen molar-refractivity contribution < 1.29 is 9.59 Å². The lowest BCUT2D eigenvalue weighted by Crippen LogP contribution is -2.55. The molecule has 2 bridgehead atoms. The fraction of sp³-hybridized carbons (Fsp3) is 0.619. The van der Waals surface area contributed by atoms with E-state index in [0.29, 0.717) is 5.92 Å². The first-order valence-corrected chi connectivity index (χ1v) is 11.2. The Morgan fingerprint density at radius 2 is 1.48 bits per heavy atom. The molecule has 2 saturated heterocycles. The molecule has 1 unspecified atom stereocenters. The molecule has 2 aliphatic rings. The Morgan fingerprint density at radius 1 is 1.00 bits per heavy atom. The van der Waals surface area contributed by atoms with Gasteiger partial charge in [0.2, 0.25) is 0 Å². The SMILES string of the molecule is Cc1ccsc1C(O)(CC1C[C@H]2CC[C@@H](C1)[N+]2(C)C)c1sccc1C. The second-order valence-corrected chi connectivity index (χ2v) is 10.6. The topological polar surface area (TPSA) is 20.2 Å². The Morgan fingerprint density at radius 3 is 1.88 bits per heavy atom. The molecule has 4 heteroatoms. The van der Waals surface area contributed by atoms with Gasteiger partial charge in [-0.05, 0) is 60.2 Å². The molecule has 2 aromatic rings. The summed E-state index contributed by atoms with van der Waals surface area (Å²) in [5, 5.41) is 16.2. The van der Waals surface area contributed by atoms with E-state index in [9.17, 15) is 5.11 Å². The lowest BCUT2D eigenvalue weighted by molar-refractivity contribution is -0.931. The van der Waals surface area contributed by atoms with Crippen molar-refractivity contribution in [2.24, 2.45) is 5.92 Å². The number of hydrogen-bond acceptors (Lipinski definition) is 3. The minimum Gasteiger partial charge on any atom is -0.379 e. The maximum atomic E-state index is 12.0. The van der Waals surface area contributed by atoms with Crippen LogP contribution in [0.5, 0.6) is 0 Å². The predicted octanol–water partition coefficient (Wildman–Crippen LogP) is 5.07. The van der Waals surface area contributed by atoms with Gasteiger partial charge < -0.3 is 9.59 Å². The maximum Gasteiger partial charge on any atom is 0.134 e. The van der Waals surface area contributed by atoms with Crippen LogP contribution < -0.4 is 0 Å². The molecule has 2 nitrogen and oxygen atoms in total. The first-order valence-electron chi connectivity index (χ1n) is 9.47. The third kappa shape index (κ3) is 2.82. The summed E-state index contributed by atoms with van der Waals surface area (Å²) in [7, 11) is 4.83. The van der Waals surface area contributed by atoms with Crippen molar-refractivity contribution >= 4 is 22.7 Å². The molecule has 0 saturated carbocycles. The summed E-state index contributed by atoms with van der Waals surface area (Å²) < 4.78 is 1.20. The molecule has 4 heterocycles. The standard InChI is InChI=1S/C21H30NOS2/c1-14-7-9-24-19(14)21(23,20-15(2)8-10-25-20)13-16-11-17-5-6-18(12-16)22(17,3)4/h7-10,16-18,23H,5-6,11-13H2,1-4H3/q+1/t16?,17-,18+. The maximum absolute atomic E-state index is 12.0. The van der Waals surface area contributed by atoms with Crippen LogP contribution in [0.1, 0.15) is 53.0 Å². The van der Waals surface area contributed by atoms with E-state index in [1.54, 1.807) is 22.7 Å². The zero-order valence-corrected chi connectivity index (χ0v) is 17.4. The number of hydrogen-bond donors (Lipinski definition) is 1. The van der Waals surface area contributed by atoms with Crippen molar-refractivity contribution in [2.45, 2.75) is 63.6 Å². The molecule has 0 aromatic carbocycles. The molecule has 0 amide bonds. The van der Waals surface area contributed by atoms with Gasteiger partial charge in [-0.2, -0.15) is 0 Å². The molecule has 0 radical (unpaired) electrons. The van der Waals surface area contributed by atoms with Crippen LogP contribution in [-0.2, 0) is 5.60 Å².